The van der Waals surface area contributed by atoms with E-state index in [1.165, 1.54) is 64.0 Å². The summed E-state index contributed by atoms with van der Waals surface area (Å²) in [6.07, 6.45) is 5.61. The molecular formula is C22H33N3. The molecule has 3 heteroatoms. The van der Waals surface area contributed by atoms with Gasteiger partial charge in [0.2, 0.25) is 0 Å². The highest BCUT2D eigenvalue weighted by Crippen LogP contribution is 2.48. The van der Waals surface area contributed by atoms with Gasteiger partial charge in [0.25, 0.3) is 0 Å². The summed E-state index contributed by atoms with van der Waals surface area (Å²) in [7, 11) is 2.28. The van der Waals surface area contributed by atoms with Gasteiger partial charge in [-0.15, -0.1) is 0 Å². The molecule has 0 amide bonds. The molecule has 0 unspecified atom stereocenters. The first-order chi connectivity index (χ1) is 12.2. The van der Waals surface area contributed by atoms with Crippen LogP contribution in [-0.2, 0) is 0 Å². The third-order valence-corrected chi connectivity index (χ3v) is 7.69. The zero-order valence-corrected chi connectivity index (χ0v) is 15.9. The molecule has 3 atom stereocenters. The second-order valence-electron chi connectivity index (χ2n) is 9.10. The minimum Gasteiger partial charge on any atom is -0.306 e. The number of fused-ring (bicyclic) bond motifs is 2. The maximum atomic E-state index is 2.98. The molecule has 0 N–H and O–H groups in total. The Hall–Kier alpha value is -0.900. The fourth-order valence-corrected chi connectivity index (χ4v) is 6.31. The molecule has 0 spiro atoms. The Morgan fingerprint density at radius 3 is 2.20 bits per heavy atom. The van der Waals surface area contributed by atoms with Gasteiger partial charge in [-0.1, -0.05) is 29.8 Å². The molecule has 25 heavy (non-hydrogen) atoms. The minimum atomic E-state index is 0.716. The Kier molecular flexibility index (Phi) is 4.15. The Balaban J connectivity index is 1.45. The van der Waals surface area contributed by atoms with Gasteiger partial charge in [0.15, 0.2) is 0 Å². The predicted octanol–water partition coefficient (Wildman–Crippen LogP) is 2.95. The van der Waals surface area contributed by atoms with Crippen molar-refractivity contribution in [3.8, 4) is 0 Å². The molecule has 6 rings (SSSR count). The quantitative estimate of drug-likeness (QED) is 0.820. The zero-order valence-electron chi connectivity index (χ0n) is 15.9. The lowest BCUT2D eigenvalue weighted by molar-refractivity contribution is -0.0261. The molecule has 5 aliphatic rings. The lowest BCUT2D eigenvalue weighted by Gasteiger charge is -2.53. The van der Waals surface area contributed by atoms with Gasteiger partial charge < -0.3 is 4.90 Å². The van der Waals surface area contributed by atoms with Gasteiger partial charge >= 0.3 is 0 Å². The number of hydrogen-bond acceptors (Lipinski definition) is 3. The summed E-state index contributed by atoms with van der Waals surface area (Å²) < 4.78 is 0. The summed E-state index contributed by atoms with van der Waals surface area (Å²) in [5.74, 6) is 1.67. The third kappa shape index (κ3) is 2.75. The van der Waals surface area contributed by atoms with Crippen molar-refractivity contribution in [2.24, 2.45) is 5.92 Å². The van der Waals surface area contributed by atoms with Crippen LogP contribution in [0, 0.1) is 12.8 Å². The average Bonchev–Trinajstić information content (AvgIpc) is 3.07. The largest absolute Gasteiger partial charge is 0.306 e. The van der Waals surface area contributed by atoms with Gasteiger partial charge in [0.05, 0.1) is 0 Å². The van der Waals surface area contributed by atoms with Crippen LogP contribution in [0.1, 0.15) is 42.7 Å². The van der Waals surface area contributed by atoms with Crippen LogP contribution in [0.2, 0.25) is 0 Å². The molecule has 2 bridgehead atoms. The highest BCUT2D eigenvalue weighted by atomic mass is 15.3. The lowest BCUT2D eigenvalue weighted by Crippen LogP contribution is -2.61. The van der Waals surface area contributed by atoms with Crippen molar-refractivity contribution in [1.29, 1.82) is 0 Å². The molecule has 5 heterocycles. The van der Waals surface area contributed by atoms with Crippen LogP contribution >= 0.6 is 0 Å². The number of hydrogen-bond donors (Lipinski definition) is 0. The molecule has 136 valence electrons. The summed E-state index contributed by atoms with van der Waals surface area (Å²) in [5.41, 5.74) is 2.97. The maximum absolute atomic E-state index is 2.98. The van der Waals surface area contributed by atoms with E-state index in [0.29, 0.717) is 5.92 Å². The second kappa shape index (κ2) is 6.37. The Bertz CT molecular complexity index is 596. The maximum Gasteiger partial charge on any atom is 0.0335 e. The number of nitrogens with zero attached hydrogens (tertiary/aromatic N) is 3. The minimum absolute atomic E-state index is 0.716. The predicted molar refractivity (Wildman–Crippen MR) is 103 cm³/mol. The summed E-state index contributed by atoms with van der Waals surface area (Å²) in [6.45, 7) is 8.74. The zero-order chi connectivity index (χ0) is 17.0. The van der Waals surface area contributed by atoms with Crippen molar-refractivity contribution < 1.29 is 0 Å². The van der Waals surface area contributed by atoms with Gasteiger partial charge in [0, 0.05) is 30.6 Å². The average molecular weight is 340 g/mol. The number of likely N-dealkylation sites (tertiary alicyclic amines) is 2. The van der Waals surface area contributed by atoms with Crippen molar-refractivity contribution in [2.45, 2.75) is 56.7 Å². The molecule has 0 radical (unpaired) electrons. The fraction of sp³-hybridized carbons (Fsp3) is 0.727. The van der Waals surface area contributed by atoms with Crippen LogP contribution in [-0.4, -0.2) is 72.6 Å². The molecular weight excluding hydrogens is 306 g/mol. The molecule has 1 aromatic carbocycles. The normalized spacial score (nSPS) is 39.7. The highest BCUT2D eigenvalue weighted by Gasteiger charge is 2.54. The number of rotatable bonds is 2. The molecule has 5 aliphatic heterocycles. The first kappa shape index (κ1) is 16.3. The van der Waals surface area contributed by atoms with Gasteiger partial charge in [0.1, 0.15) is 0 Å². The standard InChI is InChI=1S/C22H33N3/c1-16-3-5-17(6-4-16)20-15-25(19-9-11-23(2)12-10-19)21-18-7-13-24(14-8-18)22(20)21/h3-6,18-22H,7-15H2,1-2H3/t20-,21+,22+/m0/s1. The summed E-state index contributed by atoms with van der Waals surface area (Å²) >= 11 is 0. The number of aryl methyl sites for hydroxylation is 1. The first-order valence-corrected chi connectivity index (χ1v) is 10.5. The smallest absolute Gasteiger partial charge is 0.0335 e. The summed E-state index contributed by atoms with van der Waals surface area (Å²) in [5, 5.41) is 0. The first-order valence-electron chi connectivity index (χ1n) is 10.5. The molecule has 5 saturated heterocycles. The van der Waals surface area contributed by atoms with Gasteiger partial charge in [-0.25, -0.2) is 0 Å². The van der Waals surface area contributed by atoms with E-state index in [1.807, 2.05) is 0 Å². The monoisotopic (exact) mass is 339 g/mol. The Morgan fingerprint density at radius 2 is 1.52 bits per heavy atom. The molecule has 3 nitrogen and oxygen atoms in total. The molecule has 0 aromatic heterocycles. The van der Waals surface area contributed by atoms with Crippen LogP contribution in [0.5, 0.6) is 0 Å². The van der Waals surface area contributed by atoms with Crippen molar-refractivity contribution >= 4 is 0 Å². The Morgan fingerprint density at radius 1 is 0.840 bits per heavy atom. The molecule has 5 fully saturated rings. The third-order valence-electron chi connectivity index (χ3n) is 7.69. The van der Waals surface area contributed by atoms with Gasteiger partial charge in [-0.2, -0.15) is 0 Å². The van der Waals surface area contributed by atoms with Crippen LogP contribution < -0.4 is 0 Å². The number of benzene rings is 1. The van der Waals surface area contributed by atoms with Crippen molar-refractivity contribution in [3.05, 3.63) is 35.4 Å². The van der Waals surface area contributed by atoms with Crippen molar-refractivity contribution in [2.75, 3.05) is 39.8 Å². The van der Waals surface area contributed by atoms with E-state index in [4.69, 9.17) is 0 Å². The Labute approximate surface area is 153 Å². The lowest BCUT2D eigenvalue weighted by atomic mass is 9.75. The van der Waals surface area contributed by atoms with Crippen LogP contribution in [0.15, 0.2) is 24.3 Å². The topological polar surface area (TPSA) is 9.72 Å². The van der Waals surface area contributed by atoms with Crippen molar-refractivity contribution in [1.82, 2.24) is 14.7 Å². The van der Waals surface area contributed by atoms with Gasteiger partial charge in [-0.05, 0) is 77.3 Å². The van der Waals surface area contributed by atoms with E-state index in [0.717, 1.165) is 24.0 Å². The summed E-state index contributed by atoms with van der Waals surface area (Å²) in [6, 6.07) is 11.9. The SMILES string of the molecule is Cc1ccc([C@@H]2CN(C3CCN(C)CC3)[C@@H]3C4CCN(CC4)[C@@H]32)cc1. The van der Waals surface area contributed by atoms with Crippen molar-refractivity contribution in [3.63, 3.8) is 0 Å². The molecule has 0 saturated carbocycles. The van der Waals surface area contributed by atoms with E-state index in [2.05, 4.69) is 52.9 Å². The van der Waals surface area contributed by atoms with E-state index in [1.54, 1.807) is 5.56 Å². The van der Waals surface area contributed by atoms with Crippen LogP contribution in [0.3, 0.4) is 0 Å². The van der Waals surface area contributed by atoms with Crippen LogP contribution in [0.4, 0.5) is 0 Å². The van der Waals surface area contributed by atoms with Crippen LogP contribution in [0.25, 0.3) is 0 Å². The number of piperidine rings is 4. The molecule has 0 aliphatic carbocycles. The van der Waals surface area contributed by atoms with Gasteiger partial charge in [-0.3, -0.25) is 9.80 Å². The second-order valence-corrected chi connectivity index (χ2v) is 9.10. The van der Waals surface area contributed by atoms with E-state index >= 15 is 0 Å². The van der Waals surface area contributed by atoms with E-state index in [9.17, 15) is 0 Å². The van der Waals surface area contributed by atoms with E-state index < -0.39 is 0 Å². The fourth-order valence-electron chi connectivity index (χ4n) is 6.31. The molecule has 1 aromatic rings. The van der Waals surface area contributed by atoms with E-state index in [-0.39, 0.29) is 0 Å². The highest BCUT2D eigenvalue weighted by molar-refractivity contribution is 5.30. The summed E-state index contributed by atoms with van der Waals surface area (Å²) in [4.78, 5) is 8.35.